The number of halogens is 2. The number of nitrogens with zero attached hydrogens (tertiary/aromatic N) is 6. The van der Waals surface area contributed by atoms with Gasteiger partial charge >= 0.3 is 12.1 Å². The fraction of sp³-hybridized carbons (Fsp3) is 0.673. The molecule has 356 valence electrons. The maximum atomic E-state index is 14.7. The molecule has 6 amide bonds. The molecule has 2 saturated carbocycles. The van der Waals surface area contributed by atoms with E-state index in [-0.39, 0.29) is 72.1 Å². The zero-order chi connectivity index (χ0) is 45.1. The number of piperidine rings is 2. The molecule has 2 aliphatic carbocycles. The summed E-state index contributed by atoms with van der Waals surface area (Å²) in [7, 11) is 0. The van der Waals surface area contributed by atoms with E-state index in [1.807, 2.05) is 34.1 Å². The summed E-state index contributed by atoms with van der Waals surface area (Å²) in [6.07, 6.45) is 9.02. The van der Waals surface area contributed by atoms with E-state index in [0.29, 0.717) is 98.4 Å². The van der Waals surface area contributed by atoms with Crippen LogP contribution in [0.5, 0.6) is 0 Å². The molecule has 0 radical (unpaired) electrons. The van der Waals surface area contributed by atoms with Gasteiger partial charge in [0.2, 0.25) is 11.8 Å². The van der Waals surface area contributed by atoms with Crippen molar-refractivity contribution in [2.45, 2.75) is 95.2 Å². The Kier molecular flexibility index (Phi) is 16.6. The summed E-state index contributed by atoms with van der Waals surface area (Å²) >= 11 is 0. The number of morpholine rings is 2. The molecule has 2 aromatic rings. The second kappa shape index (κ2) is 22.9. The van der Waals surface area contributed by atoms with Crippen LogP contribution in [0, 0.1) is 29.4 Å². The lowest BCUT2D eigenvalue weighted by atomic mass is 9.91. The highest BCUT2D eigenvalue weighted by atomic mass is 19.1. The Labute approximate surface area is 383 Å². The molecule has 4 aliphatic heterocycles. The maximum Gasteiger partial charge on any atom is 0.336 e. The minimum atomic E-state index is -0.500. The van der Waals surface area contributed by atoms with Crippen LogP contribution in [0.3, 0.4) is 0 Å². The van der Waals surface area contributed by atoms with E-state index in [1.54, 1.807) is 10.0 Å². The molecular weight excluding hydrogens is 835 g/mol. The van der Waals surface area contributed by atoms with Gasteiger partial charge in [-0.15, -0.1) is 0 Å². The summed E-state index contributed by atoms with van der Waals surface area (Å²) in [5.74, 6) is 0.250. The molecule has 4 saturated heterocycles. The minimum Gasteiger partial charge on any atom is -0.379 e. The zero-order valence-electron chi connectivity index (χ0n) is 38.1. The molecule has 6 fully saturated rings. The Balaban J connectivity index is 0.941. The molecule has 65 heavy (non-hydrogen) atoms. The van der Waals surface area contributed by atoms with E-state index in [1.165, 1.54) is 24.3 Å². The highest BCUT2D eigenvalue weighted by Crippen LogP contribution is 2.34. The molecule has 0 bridgehead atoms. The Bertz CT molecular complexity index is 1870. The minimum absolute atomic E-state index is 0.0102. The van der Waals surface area contributed by atoms with Crippen molar-refractivity contribution >= 4 is 23.9 Å². The standard InChI is InChI=1S/C49H70F2N8O6/c50-41-11-7-36(8-12-41)27-39-3-1-17-56(31-39)46(60)29-43(34-54-19-23-64-24-20-54)52-48(62)58(33-38-5-6-38)59(45-15-16-45)49(63)53-44(35-55-21-25-65-26-22-55)30-47(61)57-18-2-4-40(32-57)28-37-9-13-42(51)14-10-37/h7-14,38-40,43-45H,1-6,15-35H2,(H,52,62)(H,53,63)/t39?,40?,43-,44-/m0/s1. The quantitative estimate of drug-likeness (QED) is 0.214. The number of carbonyl (C=O) groups is 4. The van der Waals surface area contributed by atoms with Crippen LogP contribution in [-0.2, 0) is 31.9 Å². The number of hydrazine groups is 1. The molecule has 8 rings (SSSR count). The Morgan fingerprint density at radius 2 is 1.03 bits per heavy atom. The summed E-state index contributed by atoms with van der Waals surface area (Å²) in [5, 5.41) is 9.73. The van der Waals surface area contributed by atoms with Crippen LogP contribution >= 0.6 is 0 Å². The fourth-order valence-electron chi connectivity index (χ4n) is 10.1. The van der Waals surface area contributed by atoms with Gasteiger partial charge in [0.15, 0.2) is 0 Å². The molecule has 14 nitrogen and oxygen atoms in total. The van der Waals surface area contributed by atoms with Gasteiger partial charge in [0.1, 0.15) is 11.6 Å². The van der Waals surface area contributed by atoms with Crippen LogP contribution in [-0.4, -0.2) is 170 Å². The van der Waals surface area contributed by atoms with E-state index >= 15 is 0 Å². The lowest BCUT2D eigenvalue weighted by Crippen LogP contribution is -2.62. The summed E-state index contributed by atoms with van der Waals surface area (Å²) < 4.78 is 38.5. The van der Waals surface area contributed by atoms with E-state index < -0.39 is 12.1 Å². The Hall–Kier alpha value is -4.38. The lowest BCUT2D eigenvalue weighted by molar-refractivity contribution is -0.134. The maximum absolute atomic E-state index is 14.7. The highest BCUT2D eigenvalue weighted by molar-refractivity contribution is 5.83. The van der Waals surface area contributed by atoms with Gasteiger partial charge in [0.05, 0.1) is 44.6 Å². The first-order chi connectivity index (χ1) is 31.6. The number of carbonyl (C=O) groups excluding carboxylic acids is 4. The van der Waals surface area contributed by atoms with Gasteiger partial charge in [-0.3, -0.25) is 19.4 Å². The average molecular weight is 905 g/mol. The lowest BCUT2D eigenvalue weighted by Gasteiger charge is -2.39. The van der Waals surface area contributed by atoms with E-state index in [4.69, 9.17) is 9.47 Å². The molecule has 4 atom stereocenters. The molecule has 2 unspecified atom stereocenters. The predicted molar refractivity (Wildman–Crippen MR) is 241 cm³/mol. The highest BCUT2D eigenvalue weighted by Gasteiger charge is 2.43. The van der Waals surface area contributed by atoms with Gasteiger partial charge in [-0.2, -0.15) is 0 Å². The third-order valence-corrected chi connectivity index (χ3v) is 14.0. The number of ether oxygens (including phenoxy) is 2. The number of nitrogens with one attached hydrogen (secondary N) is 2. The predicted octanol–water partition coefficient (Wildman–Crippen LogP) is 4.92. The van der Waals surface area contributed by atoms with Crippen molar-refractivity contribution in [2.75, 3.05) is 98.4 Å². The van der Waals surface area contributed by atoms with Crippen molar-refractivity contribution in [1.82, 2.24) is 40.3 Å². The first-order valence-electron chi connectivity index (χ1n) is 24.4. The first-order valence-corrected chi connectivity index (χ1v) is 24.4. The van der Waals surface area contributed by atoms with Crippen molar-refractivity contribution in [3.05, 3.63) is 71.3 Å². The molecule has 0 spiro atoms. The Morgan fingerprint density at radius 3 is 1.46 bits per heavy atom. The van der Waals surface area contributed by atoms with Crippen molar-refractivity contribution in [2.24, 2.45) is 17.8 Å². The second-order valence-electron chi connectivity index (χ2n) is 19.5. The molecule has 0 aromatic heterocycles. The monoisotopic (exact) mass is 905 g/mol. The van der Waals surface area contributed by atoms with Crippen LogP contribution in [0.1, 0.15) is 75.3 Å². The van der Waals surface area contributed by atoms with Crippen molar-refractivity contribution in [3.63, 3.8) is 0 Å². The number of benzene rings is 2. The van der Waals surface area contributed by atoms with Gasteiger partial charge in [0.25, 0.3) is 0 Å². The van der Waals surface area contributed by atoms with Gasteiger partial charge in [-0.05, 0) is 117 Å². The van der Waals surface area contributed by atoms with Gasteiger partial charge in [-0.25, -0.2) is 28.4 Å². The van der Waals surface area contributed by atoms with Crippen LogP contribution in [0.25, 0.3) is 0 Å². The SMILES string of the molecule is O=C(C[C@@H](CN1CCOCC1)NC(=O)N(CC1CC1)N(C(=O)N[C@@H](CC(=O)N1CCCC(Cc2ccc(F)cc2)C1)CN1CCOCC1)C1CC1)N1CCCC(Cc2ccc(F)cc2)C1. The van der Waals surface area contributed by atoms with Crippen molar-refractivity contribution < 1.29 is 37.4 Å². The van der Waals surface area contributed by atoms with Crippen molar-refractivity contribution in [3.8, 4) is 0 Å². The van der Waals surface area contributed by atoms with Crippen LogP contribution in [0.4, 0.5) is 18.4 Å². The second-order valence-corrected chi connectivity index (χ2v) is 19.5. The average Bonchev–Trinajstić information content (AvgIpc) is 4.26. The number of amides is 6. The summed E-state index contributed by atoms with van der Waals surface area (Å²) in [6, 6.07) is 11.3. The normalized spacial score (nSPS) is 23.0. The van der Waals surface area contributed by atoms with Gasteiger partial charge < -0.3 is 29.9 Å². The first kappa shape index (κ1) is 47.1. The van der Waals surface area contributed by atoms with E-state index in [2.05, 4.69) is 20.4 Å². The summed E-state index contributed by atoms with van der Waals surface area (Å²) in [6.45, 7) is 8.99. The number of likely N-dealkylation sites (tertiary alicyclic amines) is 2. The summed E-state index contributed by atoms with van der Waals surface area (Å²) in [5.41, 5.74) is 2.11. The van der Waals surface area contributed by atoms with Crippen LogP contribution < -0.4 is 10.6 Å². The van der Waals surface area contributed by atoms with Crippen LogP contribution in [0.2, 0.25) is 0 Å². The number of hydrogen-bond acceptors (Lipinski definition) is 8. The number of urea groups is 2. The fourth-order valence-corrected chi connectivity index (χ4v) is 10.1. The molecule has 6 aliphatic rings. The third-order valence-electron chi connectivity index (χ3n) is 14.0. The van der Waals surface area contributed by atoms with Gasteiger partial charge in [0, 0.05) is 84.8 Å². The largest absolute Gasteiger partial charge is 0.379 e. The number of rotatable bonds is 17. The van der Waals surface area contributed by atoms with Gasteiger partial charge in [-0.1, -0.05) is 24.3 Å². The summed E-state index contributed by atoms with van der Waals surface area (Å²) in [4.78, 5) is 66.0. The molecular formula is C49H70F2N8O6. The molecule has 2 N–H and O–H groups in total. The zero-order valence-corrected chi connectivity index (χ0v) is 38.1. The van der Waals surface area contributed by atoms with Crippen molar-refractivity contribution in [1.29, 1.82) is 0 Å². The molecule has 4 heterocycles. The van der Waals surface area contributed by atoms with E-state index in [0.717, 1.165) is 75.3 Å². The Morgan fingerprint density at radius 1 is 0.585 bits per heavy atom. The smallest absolute Gasteiger partial charge is 0.336 e. The molecule has 16 heteroatoms. The third kappa shape index (κ3) is 14.3. The topological polar surface area (TPSA) is 130 Å². The van der Waals surface area contributed by atoms with E-state index in [9.17, 15) is 28.0 Å². The molecule has 2 aromatic carbocycles. The number of hydrogen-bond donors (Lipinski definition) is 2. The van der Waals surface area contributed by atoms with Crippen LogP contribution in [0.15, 0.2) is 48.5 Å².